The summed E-state index contributed by atoms with van der Waals surface area (Å²) in [5, 5.41) is 11.8. The molecule has 0 aliphatic heterocycles. The fraction of sp³-hybridized carbons (Fsp3) is 0.500. The van der Waals surface area contributed by atoms with Gasteiger partial charge in [-0.1, -0.05) is 65.3 Å². The highest BCUT2D eigenvalue weighted by Crippen LogP contribution is 2.35. The number of carbonyl (C=O) groups excluding carboxylic acids is 1. The summed E-state index contributed by atoms with van der Waals surface area (Å²) in [4.78, 5) is 23.2. The number of amides is 1. The molecule has 0 radical (unpaired) electrons. The van der Waals surface area contributed by atoms with Crippen molar-refractivity contribution in [3.8, 4) is 5.75 Å². The summed E-state index contributed by atoms with van der Waals surface area (Å²) in [6.45, 7) is 17.1. The second-order valence-electron chi connectivity index (χ2n) is 9.66. The maximum atomic E-state index is 12.1. The predicted octanol–water partition coefficient (Wildman–Crippen LogP) is 8.82. The summed E-state index contributed by atoms with van der Waals surface area (Å²) in [6, 6.07) is 13.6. The Morgan fingerprint density at radius 3 is 2.20 bits per heavy atom. The second kappa shape index (κ2) is 20.3. The van der Waals surface area contributed by atoms with Crippen molar-refractivity contribution >= 4 is 40.9 Å². The molecule has 0 saturated carbocycles. The Bertz CT molecular complexity index is 1070. The van der Waals surface area contributed by atoms with Crippen molar-refractivity contribution in [2.24, 2.45) is 5.73 Å². The fourth-order valence-electron chi connectivity index (χ4n) is 3.22. The average Bonchev–Trinajstić information content (AvgIpc) is 2.93. The van der Waals surface area contributed by atoms with E-state index in [4.69, 9.17) is 27.2 Å². The summed E-state index contributed by atoms with van der Waals surface area (Å²) in [5.74, 6) is 0.740. The second-order valence-corrected chi connectivity index (χ2v) is 11.4. The lowest BCUT2D eigenvalue weighted by Crippen LogP contribution is -2.18. The minimum absolute atomic E-state index is 0.0173. The van der Waals surface area contributed by atoms with E-state index in [1.165, 1.54) is 22.9 Å². The third kappa shape index (κ3) is 15.2. The number of halogens is 1. The number of carboxylic acids is 1. The van der Waals surface area contributed by atoms with Gasteiger partial charge in [0, 0.05) is 39.0 Å². The standard InChI is InChI=1S/C23H30ClNO2.C7H13NO2S.C2H6/c1-5-17-9-14-21(20(16-17)23(3,4)6-2)27-15-7-8-22(26)25-19-12-10-18(24)11-13-19;1-5(8)6(2)11-4-3-7(9)10;1-2/h9-14,16H,5-8,15H2,1-4H3,(H,25,26);3-4,8H2,1-2H3,(H,9,10);1-2H3/b;6-5-;. The van der Waals surface area contributed by atoms with Crippen LogP contribution in [0.4, 0.5) is 5.69 Å². The number of benzene rings is 2. The predicted molar refractivity (Wildman–Crippen MR) is 173 cm³/mol. The number of carboxylic acid groups (broad SMARTS) is 1. The molecule has 2 rings (SSSR count). The Hall–Kier alpha value is -2.64. The first-order valence-corrected chi connectivity index (χ1v) is 15.3. The van der Waals surface area contributed by atoms with Gasteiger partial charge < -0.3 is 20.9 Å². The highest BCUT2D eigenvalue weighted by Gasteiger charge is 2.23. The van der Waals surface area contributed by atoms with Gasteiger partial charge in [0.2, 0.25) is 5.91 Å². The molecule has 0 spiro atoms. The third-order valence-corrected chi connectivity index (χ3v) is 7.60. The van der Waals surface area contributed by atoms with E-state index < -0.39 is 5.97 Å². The molecule has 40 heavy (non-hydrogen) atoms. The van der Waals surface area contributed by atoms with Gasteiger partial charge in [-0.25, -0.2) is 0 Å². The molecule has 6 nitrogen and oxygen atoms in total. The topological polar surface area (TPSA) is 102 Å². The third-order valence-electron chi connectivity index (χ3n) is 6.19. The van der Waals surface area contributed by atoms with E-state index in [0.29, 0.717) is 30.2 Å². The van der Waals surface area contributed by atoms with Gasteiger partial charge in [0.1, 0.15) is 5.75 Å². The highest BCUT2D eigenvalue weighted by atomic mass is 35.5. The van der Waals surface area contributed by atoms with E-state index >= 15 is 0 Å². The number of allylic oxidation sites excluding steroid dienone is 2. The average molecular weight is 593 g/mol. The van der Waals surface area contributed by atoms with Crippen LogP contribution < -0.4 is 15.8 Å². The first-order valence-electron chi connectivity index (χ1n) is 14.0. The Morgan fingerprint density at radius 2 is 1.68 bits per heavy atom. The number of nitrogens with one attached hydrogen (secondary N) is 1. The number of nitrogens with two attached hydrogens (primary N) is 1. The number of rotatable bonds is 13. The smallest absolute Gasteiger partial charge is 0.304 e. The Labute approximate surface area is 251 Å². The quantitative estimate of drug-likeness (QED) is 0.201. The molecule has 1 amide bonds. The SMILES string of the molecule is C/C(N)=C(\C)SCCC(=O)O.CC.CCc1ccc(OCCCC(=O)Nc2ccc(Cl)cc2)c(C(C)(C)CC)c1. The molecule has 224 valence electrons. The van der Waals surface area contributed by atoms with Crippen molar-refractivity contribution in [3.05, 3.63) is 69.2 Å². The number of aliphatic carboxylic acids is 1. The molecule has 0 fully saturated rings. The van der Waals surface area contributed by atoms with Gasteiger partial charge in [0.15, 0.2) is 0 Å². The molecule has 0 saturated heterocycles. The molecule has 0 aliphatic rings. The molecule has 4 N–H and O–H groups in total. The zero-order chi connectivity index (χ0) is 30.7. The summed E-state index contributed by atoms with van der Waals surface area (Å²) < 4.78 is 6.04. The zero-order valence-electron chi connectivity index (χ0n) is 25.5. The van der Waals surface area contributed by atoms with E-state index in [0.717, 1.165) is 34.9 Å². The van der Waals surface area contributed by atoms with E-state index in [1.807, 2.05) is 27.7 Å². The van der Waals surface area contributed by atoms with Gasteiger partial charge in [-0.15, -0.1) is 11.8 Å². The molecule has 2 aromatic rings. The Kier molecular flexibility index (Phi) is 18.9. The summed E-state index contributed by atoms with van der Waals surface area (Å²) in [6.07, 6.45) is 3.33. The van der Waals surface area contributed by atoms with Crippen molar-refractivity contribution in [3.63, 3.8) is 0 Å². The van der Waals surface area contributed by atoms with Gasteiger partial charge in [0.05, 0.1) is 13.0 Å². The first-order chi connectivity index (χ1) is 18.9. The minimum atomic E-state index is -0.764. The van der Waals surface area contributed by atoms with Crippen LogP contribution in [0, 0.1) is 0 Å². The molecule has 8 heteroatoms. The number of carbonyl (C=O) groups is 2. The van der Waals surface area contributed by atoms with Crippen molar-refractivity contribution in [1.82, 2.24) is 0 Å². The Balaban J connectivity index is 0.000000985. The molecule has 0 aromatic heterocycles. The number of ether oxygens (including phenoxy) is 1. The number of aryl methyl sites for hydroxylation is 1. The van der Waals surface area contributed by atoms with Crippen molar-refractivity contribution < 1.29 is 19.4 Å². The van der Waals surface area contributed by atoms with Crippen molar-refractivity contribution in [1.29, 1.82) is 0 Å². The maximum absolute atomic E-state index is 12.1. The summed E-state index contributed by atoms with van der Waals surface area (Å²) in [5.41, 5.74) is 9.61. The van der Waals surface area contributed by atoms with Gasteiger partial charge in [-0.05, 0) is 74.4 Å². The maximum Gasteiger partial charge on any atom is 0.304 e. The lowest BCUT2D eigenvalue weighted by Gasteiger charge is -2.27. The molecular formula is C32H49ClN2O4S. The molecule has 0 unspecified atom stereocenters. The first kappa shape index (κ1) is 37.4. The lowest BCUT2D eigenvalue weighted by molar-refractivity contribution is -0.136. The zero-order valence-corrected chi connectivity index (χ0v) is 27.1. The number of hydrogen-bond donors (Lipinski definition) is 3. The fourth-order valence-corrected chi connectivity index (χ4v) is 4.16. The molecule has 2 aromatic carbocycles. The normalized spacial score (nSPS) is 11.2. The largest absolute Gasteiger partial charge is 0.493 e. The molecule has 0 atom stereocenters. The monoisotopic (exact) mass is 592 g/mol. The molecule has 0 bridgehead atoms. The molecule has 0 aliphatic carbocycles. The van der Waals surface area contributed by atoms with Crippen LogP contribution in [0.2, 0.25) is 5.02 Å². The summed E-state index contributed by atoms with van der Waals surface area (Å²) in [7, 11) is 0. The van der Waals surface area contributed by atoms with Crippen LogP contribution in [0.25, 0.3) is 0 Å². The minimum Gasteiger partial charge on any atom is -0.493 e. The van der Waals surface area contributed by atoms with Crippen LogP contribution >= 0.6 is 23.4 Å². The van der Waals surface area contributed by atoms with Crippen LogP contribution in [0.3, 0.4) is 0 Å². The van der Waals surface area contributed by atoms with Crippen molar-refractivity contribution in [2.75, 3.05) is 17.7 Å². The number of thioether (sulfide) groups is 1. The van der Waals surface area contributed by atoms with E-state index in [2.05, 4.69) is 51.2 Å². The number of hydrogen-bond acceptors (Lipinski definition) is 5. The van der Waals surface area contributed by atoms with Gasteiger partial charge in [0.25, 0.3) is 0 Å². The Morgan fingerprint density at radius 1 is 1.05 bits per heavy atom. The molecular weight excluding hydrogens is 544 g/mol. The number of anilines is 1. The highest BCUT2D eigenvalue weighted by molar-refractivity contribution is 8.03. The van der Waals surface area contributed by atoms with Crippen molar-refractivity contribution in [2.45, 2.75) is 92.9 Å². The van der Waals surface area contributed by atoms with Gasteiger partial charge in [-0.3, -0.25) is 9.59 Å². The van der Waals surface area contributed by atoms with E-state index in [-0.39, 0.29) is 17.7 Å². The lowest BCUT2D eigenvalue weighted by atomic mass is 9.81. The van der Waals surface area contributed by atoms with Crippen LogP contribution in [-0.2, 0) is 21.4 Å². The van der Waals surface area contributed by atoms with Crippen LogP contribution in [0.5, 0.6) is 5.75 Å². The molecule has 0 heterocycles. The van der Waals surface area contributed by atoms with E-state index in [9.17, 15) is 9.59 Å². The van der Waals surface area contributed by atoms with E-state index in [1.54, 1.807) is 24.3 Å². The van der Waals surface area contributed by atoms with Crippen LogP contribution in [0.15, 0.2) is 53.1 Å². The van der Waals surface area contributed by atoms with Gasteiger partial charge in [-0.2, -0.15) is 0 Å². The van der Waals surface area contributed by atoms with Crippen LogP contribution in [0.1, 0.15) is 92.2 Å². The summed E-state index contributed by atoms with van der Waals surface area (Å²) >= 11 is 7.34. The van der Waals surface area contributed by atoms with Crippen LogP contribution in [-0.4, -0.2) is 29.3 Å². The van der Waals surface area contributed by atoms with Gasteiger partial charge >= 0.3 is 5.97 Å².